The fraction of sp³-hybridized carbons (Fsp3) is 0.167. The molecule has 0 bridgehead atoms. The fourth-order valence-corrected chi connectivity index (χ4v) is 4.88. The molecule has 0 saturated carbocycles. The molecule has 0 saturated heterocycles. The first-order valence-electron chi connectivity index (χ1n) is 9.68. The lowest BCUT2D eigenvalue weighted by atomic mass is 10.1. The number of halogens is 1. The lowest BCUT2D eigenvalue weighted by molar-refractivity contribution is -0.121. The van der Waals surface area contributed by atoms with E-state index < -0.39 is 0 Å². The Labute approximate surface area is 185 Å². The van der Waals surface area contributed by atoms with Gasteiger partial charge >= 0.3 is 0 Å². The third kappa shape index (κ3) is 4.53. The van der Waals surface area contributed by atoms with Gasteiger partial charge in [0.1, 0.15) is 6.54 Å². The molecule has 0 aliphatic carbocycles. The highest BCUT2D eigenvalue weighted by Gasteiger charge is 2.30. The van der Waals surface area contributed by atoms with Crippen LogP contribution in [0.1, 0.15) is 22.8 Å². The van der Waals surface area contributed by atoms with Crippen LogP contribution in [0, 0.1) is 6.92 Å². The fourth-order valence-electron chi connectivity index (χ4n) is 3.42. The summed E-state index contributed by atoms with van der Waals surface area (Å²) in [7, 11) is 0. The van der Waals surface area contributed by atoms with Crippen LogP contribution in [-0.4, -0.2) is 18.4 Å². The number of carbonyl (C=O) groups is 2. The summed E-state index contributed by atoms with van der Waals surface area (Å²) < 4.78 is 0. The van der Waals surface area contributed by atoms with E-state index in [2.05, 4.69) is 5.32 Å². The van der Waals surface area contributed by atoms with Crippen LogP contribution in [0.5, 0.6) is 0 Å². The minimum Gasteiger partial charge on any atom is -0.324 e. The van der Waals surface area contributed by atoms with Crippen LogP contribution in [0.4, 0.5) is 11.4 Å². The van der Waals surface area contributed by atoms with E-state index in [4.69, 9.17) is 11.6 Å². The molecule has 0 radical (unpaired) electrons. The first-order chi connectivity index (χ1) is 14.5. The number of carbonyl (C=O) groups excluding carboxylic acids is 2. The predicted molar refractivity (Wildman–Crippen MR) is 123 cm³/mol. The molecule has 152 valence electrons. The normalized spacial score (nSPS) is 16.0. The number of hydrogen-bond donors (Lipinski definition) is 1. The molecule has 1 atom stereocenters. The van der Waals surface area contributed by atoms with E-state index in [1.165, 1.54) is 0 Å². The zero-order chi connectivity index (χ0) is 21.1. The van der Waals surface area contributed by atoms with Gasteiger partial charge in [-0.3, -0.25) is 9.59 Å². The van der Waals surface area contributed by atoms with E-state index in [1.807, 2.05) is 67.6 Å². The number of benzene rings is 3. The average Bonchev–Trinajstić information content (AvgIpc) is 2.88. The number of rotatable bonds is 4. The molecule has 0 unspecified atom stereocenters. The second kappa shape index (κ2) is 8.94. The van der Waals surface area contributed by atoms with E-state index in [1.54, 1.807) is 28.8 Å². The standard InChI is InChI=1S/C24H21ClN2O2S/c1-16-11-12-18(13-19(16)25)26-23(28)15-27-20-9-5-6-10-21(20)30-22(14-24(27)29)17-7-3-2-4-8-17/h2-13,22H,14-15H2,1H3,(H,26,28)/t22-/m0/s1. The summed E-state index contributed by atoms with van der Waals surface area (Å²) in [5.74, 6) is -0.334. The summed E-state index contributed by atoms with van der Waals surface area (Å²) in [6.45, 7) is 1.85. The molecule has 1 aliphatic heterocycles. The van der Waals surface area contributed by atoms with Crippen molar-refractivity contribution >= 4 is 46.6 Å². The van der Waals surface area contributed by atoms with Crippen molar-refractivity contribution in [2.24, 2.45) is 0 Å². The summed E-state index contributed by atoms with van der Waals surface area (Å²) in [4.78, 5) is 28.5. The molecule has 1 heterocycles. The Hall–Kier alpha value is -2.76. The Balaban J connectivity index is 1.57. The van der Waals surface area contributed by atoms with Crippen LogP contribution < -0.4 is 10.2 Å². The number of hydrogen-bond acceptors (Lipinski definition) is 3. The SMILES string of the molecule is Cc1ccc(NC(=O)CN2C(=O)C[C@@H](c3ccccc3)Sc3ccccc32)cc1Cl. The molecule has 0 fully saturated rings. The van der Waals surface area contributed by atoms with Crippen molar-refractivity contribution in [1.82, 2.24) is 0 Å². The molecule has 30 heavy (non-hydrogen) atoms. The Morgan fingerprint density at radius 1 is 1.10 bits per heavy atom. The molecule has 1 N–H and O–H groups in total. The molecule has 6 heteroatoms. The minimum atomic E-state index is -0.263. The van der Waals surface area contributed by atoms with Gasteiger partial charge in [0.2, 0.25) is 11.8 Å². The van der Waals surface area contributed by atoms with Gasteiger partial charge in [-0.25, -0.2) is 0 Å². The average molecular weight is 437 g/mol. The third-order valence-corrected chi connectivity index (χ3v) is 6.74. The molecule has 3 aromatic carbocycles. The van der Waals surface area contributed by atoms with E-state index in [0.29, 0.717) is 17.1 Å². The third-order valence-electron chi connectivity index (χ3n) is 5.02. The molecule has 4 nitrogen and oxygen atoms in total. The Kier molecular flexibility index (Phi) is 6.11. The number of nitrogens with one attached hydrogen (secondary N) is 1. The minimum absolute atomic E-state index is 0.00353. The predicted octanol–water partition coefficient (Wildman–Crippen LogP) is 5.86. The maximum atomic E-state index is 13.2. The first-order valence-corrected chi connectivity index (χ1v) is 10.9. The van der Waals surface area contributed by atoms with Gasteiger partial charge in [0, 0.05) is 27.3 Å². The van der Waals surface area contributed by atoms with Gasteiger partial charge in [0.15, 0.2) is 0 Å². The van der Waals surface area contributed by atoms with Crippen LogP contribution in [0.25, 0.3) is 0 Å². The maximum Gasteiger partial charge on any atom is 0.244 e. The van der Waals surface area contributed by atoms with Gasteiger partial charge in [-0.05, 0) is 42.3 Å². The number of amides is 2. The van der Waals surface area contributed by atoms with Crippen molar-refractivity contribution in [3.63, 3.8) is 0 Å². The van der Waals surface area contributed by atoms with Crippen LogP contribution in [0.3, 0.4) is 0 Å². The van der Waals surface area contributed by atoms with Crippen molar-refractivity contribution in [3.05, 3.63) is 88.9 Å². The summed E-state index contributed by atoms with van der Waals surface area (Å²) >= 11 is 7.82. The first kappa shape index (κ1) is 20.5. The lowest BCUT2D eigenvalue weighted by Gasteiger charge is -2.22. The van der Waals surface area contributed by atoms with E-state index >= 15 is 0 Å². The molecule has 1 aliphatic rings. The van der Waals surface area contributed by atoms with Crippen molar-refractivity contribution in [2.45, 2.75) is 23.5 Å². The molecule has 2 amide bonds. The van der Waals surface area contributed by atoms with Gasteiger partial charge in [-0.15, -0.1) is 11.8 Å². The highest BCUT2D eigenvalue weighted by Crippen LogP contribution is 2.45. The van der Waals surface area contributed by atoms with Gasteiger partial charge in [0.05, 0.1) is 5.69 Å². The van der Waals surface area contributed by atoms with Crippen LogP contribution in [0.15, 0.2) is 77.7 Å². The van der Waals surface area contributed by atoms with Crippen LogP contribution >= 0.6 is 23.4 Å². The quantitative estimate of drug-likeness (QED) is 0.557. The number of para-hydroxylation sites is 1. The zero-order valence-corrected chi connectivity index (χ0v) is 18.0. The van der Waals surface area contributed by atoms with Crippen molar-refractivity contribution in [1.29, 1.82) is 0 Å². The summed E-state index contributed by atoms with van der Waals surface area (Å²) in [6.07, 6.45) is 0.326. The van der Waals surface area contributed by atoms with E-state index in [0.717, 1.165) is 21.7 Å². The number of thioether (sulfide) groups is 1. The molecule has 4 rings (SSSR count). The molecule has 0 aromatic heterocycles. The van der Waals surface area contributed by atoms with Crippen LogP contribution in [-0.2, 0) is 9.59 Å². The zero-order valence-electron chi connectivity index (χ0n) is 16.5. The summed E-state index contributed by atoms with van der Waals surface area (Å²) in [6, 6.07) is 23.1. The number of anilines is 2. The van der Waals surface area contributed by atoms with Gasteiger partial charge < -0.3 is 10.2 Å². The topological polar surface area (TPSA) is 49.4 Å². The van der Waals surface area contributed by atoms with Crippen LogP contribution in [0.2, 0.25) is 5.02 Å². The highest BCUT2D eigenvalue weighted by molar-refractivity contribution is 7.99. The highest BCUT2D eigenvalue weighted by atomic mass is 35.5. The Morgan fingerprint density at radius 2 is 1.83 bits per heavy atom. The number of aryl methyl sites for hydroxylation is 1. The van der Waals surface area contributed by atoms with Gasteiger partial charge in [-0.2, -0.15) is 0 Å². The van der Waals surface area contributed by atoms with Crippen molar-refractivity contribution in [3.8, 4) is 0 Å². The largest absolute Gasteiger partial charge is 0.324 e. The number of nitrogens with zero attached hydrogens (tertiary/aromatic N) is 1. The van der Waals surface area contributed by atoms with E-state index in [-0.39, 0.29) is 23.6 Å². The summed E-state index contributed by atoms with van der Waals surface area (Å²) in [5, 5.41) is 3.44. The van der Waals surface area contributed by atoms with Crippen molar-refractivity contribution < 1.29 is 9.59 Å². The molecular formula is C24H21ClN2O2S. The summed E-state index contributed by atoms with van der Waals surface area (Å²) in [5.41, 5.74) is 3.42. The Morgan fingerprint density at radius 3 is 2.60 bits per heavy atom. The second-order valence-corrected chi connectivity index (χ2v) is 8.83. The Bertz CT molecular complexity index is 1090. The monoisotopic (exact) mass is 436 g/mol. The lowest BCUT2D eigenvalue weighted by Crippen LogP contribution is -2.38. The molecule has 3 aromatic rings. The number of fused-ring (bicyclic) bond motifs is 1. The van der Waals surface area contributed by atoms with E-state index in [9.17, 15) is 9.59 Å². The second-order valence-electron chi connectivity index (χ2n) is 7.18. The van der Waals surface area contributed by atoms with Crippen molar-refractivity contribution in [2.75, 3.05) is 16.8 Å². The smallest absolute Gasteiger partial charge is 0.244 e. The van der Waals surface area contributed by atoms with Gasteiger partial charge in [0.25, 0.3) is 0 Å². The van der Waals surface area contributed by atoms with Gasteiger partial charge in [-0.1, -0.05) is 60.1 Å². The molecule has 0 spiro atoms. The maximum absolute atomic E-state index is 13.2. The molecular weight excluding hydrogens is 416 g/mol.